The van der Waals surface area contributed by atoms with E-state index in [1.165, 1.54) is 5.56 Å². The van der Waals surface area contributed by atoms with Gasteiger partial charge in [0.2, 0.25) is 0 Å². The summed E-state index contributed by atoms with van der Waals surface area (Å²) in [5, 5.41) is 0. The lowest BCUT2D eigenvalue weighted by Crippen LogP contribution is -2.42. The van der Waals surface area contributed by atoms with Crippen LogP contribution in [0.15, 0.2) is 30.3 Å². The number of nitrogens with two attached hydrogens (primary N) is 1. The predicted octanol–water partition coefficient (Wildman–Crippen LogP) is -0.828. The fourth-order valence-corrected chi connectivity index (χ4v) is 1.63. The van der Waals surface area contributed by atoms with Crippen LogP contribution in [-0.4, -0.2) is 12.7 Å². The van der Waals surface area contributed by atoms with Crippen molar-refractivity contribution in [1.29, 1.82) is 0 Å². The molecule has 1 aromatic rings. The van der Waals surface area contributed by atoms with Crippen molar-refractivity contribution in [3.8, 4) is 0 Å². The topological polar surface area (TPSA) is 74.1 Å². The van der Waals surface area contributed by atoms with Crippen LogP contribution in [0, 0.1) is 0 Å². The number of nitrogens with one attached hydrogen (secondary N) is 4. The van der Waals surface area contributed by atoms with E-state index in [1.54, 1.807) is 0 Å². The SMILES string of the molecule is NCC(c1ccccc1)C1NNNN1. The van der Waals surface area contributed by atoms with E-state index < -0.39 is 0 Å². The molecule has 0 radical (unpaired) electrons. The summed E-state index contributed by atoms with van der Waals surface area (Å²) < 4.78 is 0. The third-order valence-corrected chi connectivity index (χ3v) is 2.40. The zero-order chi connectivity index (χ0) is 9.80. The molecule has 0 aliphatic carbocycles. The third kappa shape index (κ3) is 1.92. The smallest absolute Gasteiger partial charge is 0.0939 e. The second-order valence-corrected chi connectivity index (χ2v) is 3.27. The van der Waals surface area contributed by atoms with E-state index in [0.717, 1.165) is 0 Å². The van der Waals surface area contributed by atoms with Crippen LogP contribution in [0.5, 0.6) is 0 Å². The molecule has 0 saturated carbocycles. The van der Waals surface area contributed by atoms with E-state index in [2.05, 4.69) is 34.1 Å². The quantitative estimate of drug-likeness (QED) is 0.433. The standard InChI is InChI=1S/C9H15N5/c10-6-8(9-11-13-14-12-9)7-4-2-1-3-5-7/h1-5,8-9,11-14H,6,10H2. The molecule has 1 heterocycles. The molecule has 0 bridgehead atoms. The molecule has 1 aromatic carbocycles. The molecule has 0 spiro atoms. The minimum atomic E-state index is 0.113. The molecular weight excluding hydrogens is 178 g/mol. The minimum absolute atomic E-state index is 0.113. The summed E-state index contributed by atoms with van der Waals surface area (Å²) in [6.45, 7) is 0.595. The molecule has 14 heavy (non-hydrogen) atoms. The monoisotopic (exact) mass is 193 g/mol. The van der Waals surface area contributed by atoms with Crippen LogP contribution >= 0.6 is 0 Å². The maximum Gasteiger partial charge on any atom is 0.0939 e. The number of benzene rings is 1. The molecule has 0 aromatic heterocycles. The zero-order valence-electron chi connectivity index (χ0n) is 7.83. The summed E-state index contributed by atoms with van der Waals surface area (Å²) in [5.41, 5.74) is 18.7. The number of hydrogen-bond acceptors (Lipinski definition) is 5. The van der Waals surface area contributed by atoms with Crippen LogP contribution in [-0.2, 0) is 0 Å². The fraction of sp³-hybridized carbons (Fsp3) is 0.333. The van der Waals surface area contributed by atoms with Gasteiger partial charge in [-0.3, -0.25) is 0 Å². The van der Waals surface area contributed by atoms with Gasteiger partial charge in [-0.2, -0.15) is 11.1 Å². The largest absolute Gasteiger partial charge is 0.330 e. The summed E-state index contributed by atoms with van der Waals surface area (Å²) in [6.07, 6.45) is 0.113. The van der Waals surface area contributed by atoms with Crippen LogP contribution in [0.25, 0.3) is 0 Å². The highest BCUT2D eigenvalue weighted by atomic mass is 15.8. The van der Waals surface area contributed by atoms with Gasteiger partial charge >= 0.3 is 0 Å². The number of rotatable bonds is 3. The first-order valence-electron chi connectivity index (χ1n) is 4.68. The molecule has 5 nitrogen and oxygen atoms in total. The van der Waals surface area contributed by atoms with Gasteiger partial charge in [0.05, 0.1) is 6.17 Å². The van der Waals surface area contributed by atoms with Gasteiger partial charge in [-0.25, -0.2) is 10.9 Å². The Morgan fingerprint density at radius 2 is 1.79 bits per heavy atom. The minimum Gasteiger partial charge on any atom is -0.330 e. The number of hydrazine groups is 3. The van der Waals surface area contributed by atoms with Crippen molar-refractivity contribution in [1.82, 2.24) is 21.9 Å². The average molecular weight is 193 g/mol. The van der Waals surface area contributed by atoms with Gasteiger partial charge < -0.3 is 5.73 Å². The molecule has 5 heteroatoms. The molecule has 1 fully saturated rings. The molecule has 1 aliphatic heterocycles. The lowest BCUT2D eigenvalue weighted by Gasteiger charge is -2.21. The van der Waals surface area contributed by atoms with Crippen molar-refractivity contribution in [3.05, 3.63) is 35.9 Å². The Kier molecular flexibility index (Phi) is 3.07. The fourth-order valence-electron chi connectivity index (χ4n) is 1.63. The first kappa shape index (κ1) is 9.57. The van der Waals surface area contributed by atoms with Crippen molar-refractivity contribution in [2.75, 3.05) is 6.54 Å². The Morgan fingerprint density at radius 1 is 1.14 bits per heavy atom. The van der Waals surface area contributed by atoms with E-state index in [4.69, 9.17) is 5.73 Å². The van der Waals surface area contributed by atoms with Crippen LogP contribution < -0.4 is 27.7 Å². The normalized spacial score (nSPS) is 19.8. The van der Waals surface area contributed by atoms with Crippen molar-refractivity contribution in [2.45, 2.75) is 12.1 Å². The van der Waals surface area contributed by atoms with Crippen molar-refractivity contribution in [3.63, 3.8) is 0 Å². The Morgan fingerprint density at radius 3 is 2.36 bits per heavy atom. The summed E-state index contributed by atoms with van der Waals surface area (Å²) in [4.78, 5) is 0. The zero-order valence-corrected chi connectivity index (χ0v) is 7.83. The van der Waals surface area contributed by atoms with Crippen molar-refractivity contribution >= 4 is 0 Å². The molecular formula is C9H15N5. The molecule has 0 amide bonds. The summed E-state index contributed by atoms with van der Waals surface area (Å²) in [5.74, 6) is 0.249. The van der Waals surface area contributed by atoms with Crippen LogP contribution in [0.3, 0.4) is 0 Å². The first-order valence-corrected chi connectivity index (χ1v) is 4.68. The lowest BCUT2D eigenvalue weighted by molar-refractivity contribution is 0.436. The van der Waals surface area contributed by atoms with Gasteiger partial charge in [-0.05, 0) is 5.56 Å². The molecule has 1 atom stereocenters. The molecule has 1 aliphatic rings. The van der Waals surface area contributed by atoms with Crippen molar-refractivity contribution < 1.29 is 0 Å². The van der Waals surface area contributed by atoms with Gasteiger partial charge in [-0.1, -0.05) is 30.3 Å². The van der Waals surface area contributed by atoms with Crippen molar-refractivity contribution in [2.24, 2.45) is 5.73 Å². The highest BCUT2D eigenvalue weighted by Gasteiger charge is 2.23. The van der Waals surface area contributed by atoms with E-state index in [1.807, 2.05) is 18.2 Å². The summed E-state index contributed by atoms with van der Waals surface area (Å²) >= 11 is 0. The number of hydrogen-bond donors (Lipinski definition) is 5. The van der Waals surface area contributed by atoms with Crippen LogP contribution in [0.2, 0.25) is 0 Å². The average Bonchev–Trinajstić information content (AvgIpc) is 2.74. The Hall–Kier alpha value is -0.980. The molecule has 76 valence electrons. The summed E-state index contributed by atoms with van der Waals surface area (Å²) in [6, 6.07) is 10.2. The van der Waals surface area contributed by atoms with Gasteiger partial charge in [0.15, 0.2) is 0 Å². The van der Waals surface area contributed by atoms with Gasteiger partial charge in [0, 0.05) is 12.5 Å². The molecule has 6 N–H and O–H groups in total. The lowest BCUT2D eigenvalue weighted by atomic mass is 9.97. The first-order chi connectivity index (χ1) is 6.92. The third-order valence-electron chi connectivity index (χ3n) is 2.40. The highest BCUT2D eigenvalue weighted by molar-refractivity contribution is 5.21. The van der Waals surface area contributed by atoms with E-state index in [-0.39, 0.29) is 12.1 Å². The molecule has 1 saturated heterocycles. The second kappa shape index (κ2) is 4.50. The maximum atomic E-state index is 5.75. The van der Waals surface area contributed by atoms with Gasteiger partial charge in [-0.15, -0.1) is 0 Å². The Bertz CT molecular complexity index is 270. The second-order valence-electron chi connectivity index (χ2n) is 3.27. The van der Waals surface area contributed by atoms with Crippen LogP contribution in [0.4, 0.5) is 0 Å². The van der Waals surface area contributed by atoms with E-state index >= 15 is 0 Å². The maximum absolute atomic E-state index is 5.75. The molecule has 1 unspecified atom stereocenters. The van der Waals surface area contributed by atoms with E-state index in [9.17, 15) is 0 Å². The van der Waals surface area contributed by atoms with Gasteiger partial charge in [0.25, 0.3) is 0 Å². The molecule has 2 rings (SSSR count). The van der Waals surface area contributed by atoms with E-state index in [0.29, 0.717) is 6.54 Å². The van der Waals surface area contributed by atoms with Crippen LogP contribution in [0.1, 0.15) is 11.5 Å². The predicted molar refractivity (Wildman–Crippen MR) is 54.6 cm³/mol. The highest BCUT2D eigenvalue weighted by Crippen LogP contribution is 2.16. The summed E-state index contributed by atoms with van der Waals surface area (Å²) in [7, 11) is 0. The Labute approximate surface area is 83.0 Å². The Balaban J connectivity index is 2.12. The van der Waals surface area contributed by atoms with Gasteiger partial charge in [0.1, 0.15) is 0 Å².